The third-order valence-electron chi connectivity index (χ3n) is 6.02. The molecule has 6 heteroatoms. The molecular weight excluding hydrogens is 426 g/mol. The molecule has 0 aliphatic heterocycles. The first-order valence-electron chi connectivity index (χ1n) is 12.5. The molecule has 0 aliphatic rings. The van der Waals surface area contributed by atoms with Crippen molar-refractivity contribution in [3.8, 4) is 5.75 Å². The molecule has 4 N–H and O–H groups in total. The van der Waals surface area contributed by atoms with Gasteiger partial charge in [0.15, 0.2) is 0 Å². The summed E-state index contributed by atoms with van der Waals surface area (Å²) in [4.78, 5) is 25.4. The zero-order chi connectivity index (χ0) is 24.9. The van der Waals surface area contributed by atoms with Gasteiger partial charge in [-0.05, 0) is 48.9 Å². The fraction of sp³-hybridized carbons (Fsp3) is 0.500. The zero-order valence-corrected chi connectivity index (χ0v) is 21.1. The fourth-order valence-corrected chi connectivity index (χ4v) is 3.83. The Morgan fingerprint density at radius 1 is 0.882 bits per heavy atom. The quantitative estimate of drug-likeness (QED) is 0.375. The van der Waals surface area contributed by atoms with E-state index < -0.39 is 6.04 Å². The minimum absolute atomic E-state index is 0.1000. The Morgan fingerprint density at radius 2 is 1.53 bits per heavy atom. The van der Waals surface area contributed by atoms with Crippen LogP contribution in [0.15, 0.2) is 54.6 Å². The fourth-order valence-electron chi connectivity index (χ4n) is 3.83. The van der Waals surface area contributed by atoms with E-state index in [9.17, 15) is 9.59 Å². The van der Waals surface area contributed by atoms with Crippen LogP contribution < -0.4 is 21.1 Å². The smallest absolute Gasteiger partial charge is 0.236 e. The van der Waals surface area contributed by atoms with Gasteiger partial charge in [0.1, 0.15) is 5.75 Å². The SMILES string of the molecule is CCCC(C)COc1ccc([C@@H](CNC(=O)[C@H](N)CCC)NC(=O)[C@@H](C)c2ccccc2)cc1. The van der Waals surface area contributed by atoms with Crippen LogP contribution in [0.1, 0.15) is 76.5 Å². The van der Waals surface area contributed by atoms with Crippen molar-refractivity contribution < 1.29 is 14.3 Å². The Hall–Kier alpha value is -2.86. The number of carbonyl (C=O) groups is 2. The van der Waals surface area contributed by atoms with Gasteiger partial charge in [-0.2, -0.15) is 0 Å². The summed E-state index contributed by atoms with van der Waals surface area (Å²) in [6, 6.07) is 16.4. The number of rotatable bonds is 14. The van der Waals surface area contributed by atoms with E-state index in [1.807, 2.05) is 68.4 Å². The van der Waals surface area contributed by atoms with Crippen molar-refractivity contribution in [2.75, 3.05) is 13.2 Å². The molecule has 4 atom stereocenters. The minimum Gasteiger partial charge on any atom is -0.493 e. The summed E-state index contributed by atoms with van der Waals surface area (Å²) in [6.07, 6.45) is 3.73. The van der Waals surface area contributed by atoms with Gasteiger partial charge in [-0.15, -0.1) is 0 Å². The molecule has 1 unspecified atom stereocenters. The van der Waals surface area contributed by atoms with Crippen LogP contribution in [-0.4, -0.2) is 31.0 Å². The Morgan fingerprint density at radius 3 is 2.15 bits per heavy atom. The first-order chi connectivity index (χ1) is 16.3. The normalized spacial score (nSPS) is 14.5. The summed E-state index contributed by atoms with van der Waals surface area (Å²) in [5, 5.41) is 6.02. The average Bonchev–Trinajstić information content (AvgIpc) is 2.85. The number of ether oxygens (including phenoxy) is 1. The predicted molar refractivity (Wildman–Crippen MR) is 138 cm³/mol. The number of amides is 2. The molecule has 2 amide bonds. The first kappa shape index (κ1) is 27.4. The van der Waals surface area contributed by atoms with Crippen molar-refractivity contribution in [2.24, 2.45) is 11.7 Å². The van der Waals surface area contributed by atoms with E-state index in [2.05, 4.69) is 24.5 Å². The van der Waals surface area contributed by atoms with Crippen LogP contribution in [0, 0.1) is 5.92 Å². The molecule has 0 aliphatic carbocycles. The van der Waals surface area contributed by atoms with Gasteiger partial charge in [0.25, 0.3) is 0 Å². The highest BCUT2D eigenvalue weighted by molar-refractivity contribution is 5.84. The number of hydrogen-bond donors (Lipinski definition) is 3. The van der Waals surface area contributed by atoms with E-state index >= 15 is 0 Å². The monoisotopic (exact) mass is 467 g/mol. The maximum atomic E-state index is 13.0. The van der Waals surface area contributed by atoms with E-state index in [1.54, 1.807) is 0 Å². The predicted octanol–water partition coefficient (Wildman–Crippen LogP) is 4.71. The second kappa shape index (κ2) is 14.4. The Kier molecular flexibility index (Phi) is 11.6. The first-order valence-corrected chi connectivity index (χ1v) is 12.5. The molecule has 2 rings (SSSR count). The topological polar surface area (TPSA) is 93.4 Å². The van der Waals surface area contributed by atoms with Gasteiger partial charge in [-0.25, -0.2) is 0 Å². The average molecular weight is 468 g/mol. The molecule has 0 radical (unpaired) electrons. The summed E-state index contributed by atoms with van der Waals surface area (Å²) >= 11 is 0. The van der Waals surface area contributed by atoms with E-state index in [4.69, 9.17) is 10.5 Å². The van der Waals surface area contributed by atoms with Crippen molar-refractivity contribution in [3.05, 3.63) is 65.7 Å². The Balaban J connectivity index is 2.11. The van der Waals surface area contributed by atoms with Gasteiger partial charge in [0.05, 0.1) is 24.6 Å². The van der Waals surface area contributed by atoms with Crippen LogP contribution in [0.3, 0.4) is 0 Å². The maximum absolute atomic E-state index is 13.0. The summed E-state index contributed by atoms with van der Waals surface area (Å²) in [5.41, 5.74) is 7.80. The molecule has 0 spiro atoms. The highest BCUT2D eigenvalue weighted by Gasteiger charge is 2.22. The molecule has 0 bridgehead atoms. The zero-order valence-electron chi connectivity index (χ0n) is 21.1. The van der Waals surface area contributed by atoms with Crippen molar-refractivity contribution >= 4 is 11.8 Å². The van der Waals surface area contributed by atoms with Crippen LogP contribution in [0.5, 0.6) is 5.75 Å². The number of benzene rings is 2. The molecule has 2 aromatic rings. The highest BCUT2D eigenvalue weighted by atomic mass is 16.5. The van der Waals surface area contributed by atoms with Crippen molar-refractivity contribution in [2.45, 2.75) is 71.4 Å². The number of hydrogen-bond acceptors (Lipinski definition) is 4. The highest BCUT2D eigenvalue weighted by Crippen LogP contribution is 2.21. The molecule has 0 fully saturated rings. The second-order valence-corrected chi connectivity index (χ2v) is 9.11. The molecule has 34 heavy (non-hydrogen) atoms. The van der Waals surface area contributed by atoms with E-state index in [0.717, 1.165) is 36.1 Å². The van der Waals surface area contributed by atoms with Crippen molar-refractivity contribution in [1.82, 2.24) is 10.6 Å². The molecular formula is C28H41N3O3. The van der Waals surface area contributed by atoms with E-state index in [-0.39, 0.29) is 30.3 Å². The van der Waals surface area contributed by atoms with E-state index in [0.29, 0.717) is 18.9 Å². The van der Waals surface area contributed by atoms with Crippen LogP contribution >= 0.6 is 0 Å². The number of nitrogens with one attached hydrogen (secondary N) is 2. The molecule has 0 aromatic heterocycles. The summed E-state index contributed by atoms with van der Waals surface area (Å²) < 4.78 is 5.92. The third-order valence-corrected chi connectivity index (χ3v) is 6.02. The second-order valence-electron chi connectivity index (χ2n) is 9.11. The lowest BCUT2D eigenvalue weighted by molar-refractivity contribution is -0.125. The molecule has 0 heterocycles. The van der Waals surface area contributed by atoms with Crippen LogP contribution in [-0.2, 0) is 9.59 Å². The summed E-state index contributed by atoms with van der Waals surface area (Å²) in [6.45, 7) is 9.17. The summed E-state index contributed by atoms with van der Waals surface area (Å²) in [5.74, 6) is 0.672. The molecule has 0 saturated carbocycles. The van der Waals surface area contributed by atoms with Gasteiger partial charge >= 0.3 is 0 Å². The number of carbonyl (C=O) groups excluding carboxylic acids is 2. The van der Waals surface area contributed by atoms with Gasteiger partial charge in [0, 0.05) is 6.54 Å². The van der Waals surface area contributed by atoms with Gasteiger partial charge < -0.3 is 21.1 Å². The van der Waals surface area contributed by atoms with Gasteiger partial charge in [-0.3, -0.25) is 9.59 Å². The lowest BCUT2D eigenvalue weighted by atomic mass is 9.99. The third kappa shape index (κ3) is 8.82. The molecule has 186 valence electrons. The molecule has 6 nitrogen and oxygen atoms in total. The Bertz CT molecular complexity index is 870. The minimum atomic E-state index is -0.550. The van der Waals surface area contributed by atoms with E-state index in [1.165, 1.54) is 0 Å². The molecule has 2 aromatic carbocycles. The van der Waals surface area contributed by atoms with Gasteiger partial charge in [0.2, 0.25) is 11.8 Å². The van der Waals surface area contributed by atoms with Crippen molar-refractivity contribution in [3.63, 3.8) is 0 Å². The van der Waals surface area contributed by atoms with Gasteiger partial charge in [-0.1, -0.05) is 76.1 Å². The lowest BCUT2D eigenvalue weighted by Gasteiger charge is -2.23. The number of nitrogens with two attached hydrogens (primary N) is 1. The molecule has 0 saturated heterocycles. The van der Waals surface area contributed by atoms with Crippen molar-refractivity contribution in [1.29, 1.82) is 0 Å². The van der Waals surface area contributed by atoms with Crippen LogP contribution in [0.4, 0.5) is 0 Å². The van der Waals surface area contributed by atoms with Crippen LogP contribution in [0.25, 0.3) is 0 Å². The maximum Gasteiger partial charge on any atom is 0.236 e. The largest absolute Gasteiger partial charge is 0.493 e. The standard InChI is InChI=1S/C28H41N3O3/c1-5-10-20(3)19-34-24-16-14-23(15-17-24)26(18-30-28(33)25(29)11-6-2)31-27(32)21(4)22-12-8-7-9-13-22/h7-9,12-17,20-21,25-26H,5-6,10-11,18-19,29H2,1-4H3,(H,30,33)(H,31,32)/t20?,21-,25+,26+/m0/s1. The van der Waals surface area contributed by atoms with Crippen LogP contribution in [0.2, 0.25) is 0 Å². The lowest BCUT2D eigenvalue weighted by Crippen LogP contribution is -2.45. The summed E-state index contributed by atoms with van der Waals surface area (Å²) in [7, 11) is 0. The Labute approximate surface area is 204 Å².